The van der Waals surface area contributed by atoms with Crippen molar-refractivity contribution in [1.29, 1.82) is 0 Å². The number of benzene rings is 1. The van der Waals surface area contributed by atoms with Crippen molar-refractivity contribution < 1.29 is 25.2 Å². The van der Waals surface area contributed by atoms with Crippen molar-refractivity contribution in [2.75, 3.05) is 6.61 Å². The molecule has 4 N–H and O–H groups in total. The molecule has 5 heteroatoms. The van der Waals surface area contributed by atoms with Gasteiger partial charge in [-0.05, 0) is 30.0 Å². The third kappa shape index (κ3) is 2.58. The molecule has 1 aromatic rings. The van der Waals surface area contributed by atoms with Gasteiger partial charge in [0.1, 0.15) is 18.0 Å². The Morgan fingerprint density at radius 3 is 2.81 bits per heavy atom. The van der Waals surface area contributed by atoms with E-state index in [4.69, 9.17) is 4.74 Å². The summed E-state index contributed by atoms with van der Waals surface area (Å²) in [6.45, 7) is -0.375. The highest BCUT2D eigenvalue weighted by molar-refractivity contribution is 5.64. The van der Waals surface area contributed by atoms with Crippen LogP contribution in [0.2, 0.25) is 0 Å². The van der Waals surface area contributed by atoms with Crippen molar-refractivity contribution in [3.63, 3.8) is 0 Å². The lowest BCUT2D eigenvalue weighted by atomic mass is 9.86. The highest BCUT2D eigenvalue weighted by Crippen LogP contribution is 2.40. The predicted octanol–water partition coefficient (Wildman–Crippen LogP) is 0.896. The third-order valence-electron chi connectivity index (χ3n) is 4.29. The number of allylic oxidation sites excluding steroid dienone is 1. The molecule has 1 aromatic carbocycles. The number of hydrogen-bond acceptors (Lipinski definition) is 5. The molecule has 5 nitrogen and oxygen atoms in total. The highest BCUT2D eigenvalue weighted by Gasteiger charge is 2.38. The fourth-order valence-corrected chi connectivity index (χ4v) is 3.15. The zero-order valence-corrected chi connectivity index (χ0v) is 11.6. The quantitative estimate of drug-likeness (QED) is 0.650. The molecule has 1 saturated heterocycles. The van der Waals surface area contributed by atoms with E-state index in [0.29, 0.717) is 5.56 Å². The maximum absolute atomic E-state index is 10.2. The van der Waals surface area contributed by atoms with Crippen molar-refractivity contribution in [3.8, 4) is 5.75 Å². The van der Waals surface area contributed by atoms with Crippen LogP contribution in [-0.2, 0) is 11.2 Å². The molecular weight excluding hydrogens is 272 g/mol. The number of aliphatic hydroxyl groups excluding tert-OH is 3. The van der Waals surface area contributed by atoms with E-state index in [1.165, 1.54) is 0 Å². The van der Waals surface area contributed by atoms with Gasteiger partial charge in [-0.1, -0.05) is 18.2 Å². The number of hydrogen-bond donors (Lipinski definition) is 4. The Morgan fingerprint density at radius 1 is 1.24 bits per heavy atom. The lowest BCUT2D eigenvalue weighted by Crippen LogP contribution is -2.47. The topological polar surface area (TPSA) is 90.2 Å². The van der Waals surface area contributed by atoms with Crippen molar-refractivity contribution in [2.24, 2.45) is 0 Å². The maximum Gasteiger partial charge on any atom is 0.122 e. The SMILES string of the molecule is OCC1OC(c2c(O)ccc3c2C=CCC3)CC(O)[C@@H]1O. The Morgan fingerprint density at radius 2 is 2.05 bits per heavy atom. The number of phenolic OH excluding ortho intramolecular Hbond substituents is 1. The largest absolute Gasteiger partial charge is 0.508 e. The Kier molecular flexibility index (Phi) is 3.99. The summed E-state index contributed by atoms with van der Waals surface area (Å²) < 4.78 is 5.70. The number of ether oxygens (including phenoxy) is 1. The van der Waals surface area contributed by atoms with Crippen molar-refractivity contribution in [2.45, 2.75) is 43.7 Å². The van der Waals surface area contributed by atoms with Crippen LogP contribution in [0.15, 0.2) is 18.2 Å². The van der Waals surface area contributed by atoms with Crippen LogP contribution in [0, 0.1) is 0 Å². The number of phenols is 1. The molecule has 3 rings (SSSR count). The second-order valence-corrected chi connectivity index (χ2v) is 5.65. The first-order valence-electron chi connectivity index (χ1n) is 7.25. The van der Waals surface area contributed by atoms with Crippen LogP contribution >= 0.6 is 0 Å². The average Bonchev–Trinajstić information content (AvgIpc) is 2.50. The number of aryl methyl sites for hydroxylation is 1. The van der Waals surface area contributed by atoms with Gasteiger partial charge in [0.15, 0.2) is 0 Å². The van der Waals surface area contributed by atoms with Gasteiger partial charge in [0.05, 0.1) is 18.8 Å². The summed E-state index contributed by atoms with van der Waals surface area (Å²) in [5, 5.41) is 39.3. The van der Waals surface area contributed by atoms with Crippen molar-refractivity contribution >= 4 is 6.08 Å². The second-order valence-electron chi connectivity index (χ2n) is 5.65. The van der Waals surface area contributed by atoms with Gasteiger partial charge in [-0.3, -0.25) is 0 Å². The number of fused-ring (bicyclic) bond motifs is 1. The highest BCUT2D eigenvalue weighted by atomic mass is 16.5. The summed E-state index contributed by atoms with van der Waals surface area (Å²) in [7, 11) is 0. The summed E-state index contributed by atoms with van der Waals surface area (Å²) in [4.78, 5) is 0. The van der Waals surface area contributed by atoms with Crippen molar-refractivity contribution in [3.05, 3.63) is 34.9 Å². The number of aliphatic hydroxyl groups is 3. The van der Waals surface area contributed by atoms with Gasteiger partial charge in [0.2, 0.25) is 0 Å². The third-order valence-corrected chi connectivity index (χ3v) is 4.29. The summed E-state index contributed by atoms with van der Waals surface area (Å²) in [6.07, 6.45) is 2.58. The molecule has 1 aliphatic carbocycles. The van der Waals surface area contributed by atoms with Gasteiger partial charge in [-0.25, -0.2) is 0 Å². The van der Waals surface area contributed by atoms with E-state index in [1.807, 2.05) is 18.2 Å². The minimum Gasteiger partial charge on any atom is -0.508 e. The zero-order valence-electron chi connectivity index (χ0n) is 11.6. The molecule has 0 amide bonds. The Hall–Kier alpha value is -1.40. The van der Waals surface area contributed by atoms with Crippen LogP contribution in [0.5, 0.6) is 5.75 Å². The van der Waals surface area contributed by atoms with Crippen molar-refractivity contribution in [1.82, 2.24) is 0 Å². The van der Waals surface area contributed by atoms with Crippen LogP contribution in [0.25, 0.3) is 6.08 Å². The monoisotopic (exact) mass is 292 g/mol. The van der Waals surface area contributed by atoms with Crippen LogP contribution in [0.1, 0.15) is 35.6 Å². The molecule has 1 heterocycles. The fraction of sp³-hybridized carbons (Fsp3) is 0.500. The lowest BCUT2D eigenvalue weighted by molar-refractivity contribution is -0.181. The molecule has 21 heavy (non-hydrogen) atoms. The molecular formula is C16H20O5. The van der Waals surface area contributed by atoms with Gasteiger partial charge in [0, 0.05) is 12.0 Å². The predicted molar refractivity (Wildman–Crippen MR) is 76.8 cm³/mol. The van der Waals surface area contributed by atoms with Gasteiger partial charge in [0.25, 0.3) is 0 Å². The average molecular weight is 292 g/mol. The lowest BCUT2D eigenvalue weighted by Gasteiger charge is -2.37. The normalized spacial score (nSPS) is 32.0. The molecule has 0 bridgehead atoms. The Labute approximate surface area is 123 Å². The van der Waals surface area contributed by atoms with E-state index in [9.17, 15) is 20.4 Å². The van der Waals surface area contributed by atoms with E-state index in [0.717, 1.165) is 24.0 Å². The van der Waals surface area contributed by atoms with Crippen LogP contribution in [0.3, 0.4) is 0 Å². The van der Waals surface area contributed by atoms with E-state index in [-0.39, 0.29) is 18.8 Å². The zero-order chi connectivity index (χ0) is 15.0. The van der Waals surface area contributed by atoms with Crippen LogP contribution in [0.4, 0.5) is 0 Å². The first-order chi connectivity index (χ1) is 10.1. The summed E-state index contributed by atoms with van der Waals surface area (Å²) in [5.41, 5.74) is 2.69. The molecule has 114 valence electrons. The van der Waals surface area contributed by atoms with Gasteiger partial charge < -0.3 is 25.2 Å². The fourth-order valence-electron chi connectivity index (χ4n) is 3.15. The Balaban J connectivity index is 1.99. The standard InChI is InChI=1S/C16H20O5/c17-8-14-16(20)12(19)7-13(21-14)15-10-4-2-1-3-9(10)5-6-11(15)18/h2,4-6,12-14,16-20H,1,3,7-8H2/t12?,13?,14?,16-/m0/s1. The molecule has 0 aromatic heterocycles. The first kappa shape index (κ1) is 14.5. The molecule has 1 aliphatic heterocycles. The first-order valence-corrected chi connectivity index (χ1v) is 7.25. The molecule has 1 fully saturated rings. The number of aromatic hydroxyl groups is 1. The van der Waals surface area contributed by atoms with Crippen LogP contribution in [-0.4, -0.2) is 45.3 Å². The van der Waals surface area contributed by atoms with E-state index in [2.05, 4.69) is 0 Å². The molecule has 2 aliphatic rings. The minimum atomic E-state index is -1.11. The Bertz CT molecular complexity index is 554. The maximum atomic E-state index is 10.2. The van der Waals surface area contributed by atoms with Crippen LogP contribution < -0.4 is 0 Å². The minimum absolute atomic E-state index is 0.116. The van der Waals surface area contributed by atoms with Gasteiger partial charge in [-0.2, -0.15) is 0 Å². The number of rotatable bonds is 2. The molecule has 3 unspecified atom stereocenters. The van der Waals surface area contributed by atoms with Gasteiger partial charge in [-0.15, -0.1) is 0 Å². The van der Waals surface area contributed by atoms with Gasteiger partial charge >= 0.3 is 0 Å². The summed E-state index contributed by atoms with van der Waals surface area (Å²) in [5.74, 6) is 0.116. The van der Waals surface area contributed by atoms with E-state index < -0.39 is 24.4 Å². The smallest absolute Gasteiger partial charge is 0.122 e. The second kappa shape index (κ2) is 5.77. The molecule has 0 saturated carbocycles. The van der Waals surface area contributed by atoms with E-state index in [1.54, 1.807) is 6.07 Å². The van der Waals surface area contributed by atoms with E-state index >= 15 is 0 Å². The summed E-state index contributed by atoms with van der Waals surface area (Å²) >= 11 is 0. The summed E-state index contributed by atoms with van der Waals surface area (Å²) in [6, 6.07) is 3.54. The molecule has 4 atom stereocenters. The molecule has 0 radical (unpaired) electrons. The molecule has 0 spiro atoms.